The van der Waals surface area contributed by atoms with Crippen LogP contribution >= 0.6 is 15.6 Å². The van der Waals surface area contributed by atoms with Crippen LogP contribution in [0.15, 0.2) is 0 Å². The largest absolute Gasteiger partial charge is 0.472 e. The maximum absolute atomic E-state index is 13.2. The molecule has 110 heavy (non-hydrogen) atoms. The van der Waals surface area contributed by atoms with Crippen LogP contribution in [0.25, 0.3) is 0 Å². The molecule has 0 rings (SSSR count). The average molecular weight is 1610 g/mol. The molecule has 0 saturated carbocycles. The van der Waals surface area contributed by atoms with E-state index in [0.29, 0.717) is 25.7 Å². The van der Waals surface area contributed by atoms with Crippen molar-refractivity contribution in [3.05, 3.63) is 0 Å². The summed E-state index contributed by atoms with van der Waals surface area (Å²) in [4.78, 5) is 73.4. The zero-order chi connectivity index (χ0) is 80.8. The summed E-state index contributed by atoms with van der Waals surface area (Å²) in [6, 6.07) is 0. The van der Waals surface area contributed by atoms with E-state index in [9.17, 15) is 43.2 Å². The van der Waals surface area contributed by atoms with Gasteiger partial charge < -0.3 is 33.8 Å². The average Bonchev–Trinajstić information content (AvgIpc) is 0.930. The number of esters is 4. The Bertz CT molecular complexity index is 2110. The molecule has 0 heterocycles. The highest BCUT2D eigenvalue weighted by molar-refractivity contribution is 7.47. The zero-order valence-electron chi connectivity index (χ0n) is 72.7. The molecule has 2 unspecified atom stereocenters. The molecule has 0 aromatic rings. The number of aliphatic hydroxyl groups excluding tert-OH is 1. The second kappa shape index (κ2) is 80.8. The summed E-state index contributed by atoms with van der Waals surface area (Å²) in [5.41, 5.74) is 0. The molecule has 0 spiro atoms. The molecule has 0 aromatic carbocycles. The second-order valence-electron chi connectivity index (χ2n) is 34.1. The number of hydrogen-bond donors (Lipinski definition) is 3. The highest BCUT2D eigenvalue weighted by atomic mass is 31.2. The molecule has 0 aliphatic heterocycles. The Morgan fingerprint density at radius 3 is 0.618 bits per heavy atom. The third kappa shape index (κ3) is 84.0. The molecule has 19 heteroatoms. The van der Waals surface area contributed by atoms with E-state index in [-0.39, 0.29) is 25.7 Å². The van der Waals surface area contributed by atoms with Gasteiger partial charge in [0.05, 0.1) is 26.4 Å². The van der Waals surface area contributed by atoms with Crippen LogP contribution in [-0.4, -0.2) is 96.7 Å². The van der Waals surface area contributed by atoms with E-state index in [1.54, 1.807) is 0 Å². The third-order valence-corrected chi connectivity index (χ3v) is 23.3. The van der Waals surface area contributed by atoms with Gasteiger partial charge >= 0.3 is 39.5 Å². The summed E-state index contributed by atoms with van der Waals surface area (Å²) in [7, 11) is -9.94. The lowest BCUT2D eigenvalue weighted by atomic mass is 10.0. The van der Waals surface area contributed by atoms with Gasteiger partial charge in [-0.3, -0.25) is 37.3 Å². The summed E-state index contributed by atoms with van der Waals surface area (Å²) in [6.07, 6.45) is 73.6. The minimum Gasteiger partial charge on any atom is -0.462 e. The molecule has 0 bridgehead atoms. The van der Waals surface area contributed by atoms with Crippen LogP contribution in [0, 0.1) is 17.8 Å². The van der Waals surface area contributed by atoms with E-state index in [1.165, 1.54) is 295 Å². The minimum atomic E-state index is -4.97. The van der Waals surface area contributed by atoms with Crippen LogP contribution in [0.4, 0.5) is 0 Å². The van der Waals surface area contributed by atoms with Crippen molar-refractivity contribution in [1.82, 2.24) is 0 Å². The first kappa shape index (κ1) is 108. The number of ether oxygens (including phenoxy) is 4. The number of carbonyl (C=O) groups is 4. The van der Waals surface area contributed by atoms with E-state index < -0.39 is 97.5 Å². The fourth-order valence-corrected chi connectivity index (χ4v) is 15.8. The Kier molecular flexibility index (Phi) is 79.4. The molecule has 17 nitrogen and oxygen atoms in total. The number of aliphatic hydroxyl groups is 1. The van der Waals surface area contributed by atoms with Gasteiger partial charge in [-0.15, -0.1) is 0 Å². The Morgan fingerprint density at radius 1 is 0.245 bits per heavy atom. The summed E-state index contributed by atoms with van der Waals surface area (Å²) < 4.78 is 69.1. The van der Waals surface area contributed by atoms with Gasteiger partial charge in [0.25, 0.3) is 0 Å². The van der Waals surface area contributed by atoms with Crippen molar-refractivity contribution in [3.8, 4) is 0 Å². The Morgan fingerprint density at radius 2 is 0.418 bits per heavy atom. The molecule has 0 fully saturated rings. The molecular weight excluding hydrogens is 1430 g/mol. The van der Waals surface area contributed by atoms with E-state index >= 15 is 0 Å². The number of carbonyl (C=O) groups excluding carboxylic acids is 4. The highest BCUT2D eigenvalue weighted by Gasteiger charge is 2.31. The van der Waals surface area contributed by atoms with Gasteiger partial charge in [-0.05, 0) is 43.4 Å². The lowest BCUT2D eigenvalue weighted by Gasteiger charge is -2.21. The number of rotatable bonds is 89. The number of phosphoric ester groups is 2. The predicted molar refractivity (Wildman–Crippen MR) is 455 cm³/mol. The van der Waals surface area contributed by atoms with Crippen molar-refractivity contribution in [1.29, 1.82) is 0 Å². The Hall–Kier alpha value is -1.94. The van der Waals surface area contributed by atoms with Crippen LogP contribution in [-0.2, 0) is 65.4 Å². The number of unbranched alkanes of at least 4 members (excludes halogenated alkanes) is 57. The van der Waals surface area contributed by atoms with Gasteiger partial charge in [0.15, 0.2) is 12.2 Å². The molecule has 0 saturated heterocycles. The summed E-state index contributed by atoms with van der Waals surface area (Å²) in [5.74, 6) is 0.339. The fourth-order valence-electron chi connectivity index (χ4n) is 14.3. The first-order valence-electron chi connectivity index (χ1n) is 46.8. The fraction of sp³-hybridized carbons (Fsp3) is 0.956. The summed E-state index contributed by atoms with van der Waals surface area (Å²) >= 11 is 0. The first-order valence-corrected chi connectivity index (χ1v) is 49.8. The molecule has 0 aliphatic rings. The third-order valence-electron chi connectivity index (χ3n) is 21.4. The second-order valence-corrected chi connectivity index (χ2v) is 37.0. The Labute approximate surface area is 677 Å². The van der Waals surface area contributed by atoms with Gasteiger partial charge in [0.1, 0.15) is 19.3 Å². The van der Waals surface area contributed by atoms with Crippen molar-refractivity contribution in [2.45, 2.75) is 503 Å². The van der Waals surface area contributed by atoms with Crippen LogP contribution in [0.3, 0.4) is 0 Å². The molecule has 0 aromatic heterocycles. The van der Waals surface area contributed by atoms with Crippen molar-refractivity contribution in [2.24, 2.45) is 17.8 Å². The molecule has 5 atom stereocenters. The normalized spacial score (nSPS) is 13.8. The minimum absolute atomic E-state index is 0.108. The maximum atomic E-state index is 13.2. The lowest BCUT2D eigenvalue weighted by Crippen LogP contribution is -2.30. The van der Waals surface area contributed by atoms with E-state index in [4.69, 9.17) is 37.0 Å². The summed E-state index contributed by atoms with van der Waals surface area (Å²) in [5, 5.41) is 10.7. The van der Waals surface area contributed by atoms with Crippen LogP contribution in [0.1, 0.15) is 485 Å². The molecule has 3 N–H and O–H groups in total. The van der Waals surface area contributed by atoms with E-state index in [0.717, 1.165) is 108 Å². The zero-order valence-corrected chi connectivity index (χ0v) is 74.5. The van der Waals surface area contributed by atoms with Crippen molar-refractivity contribution in [2.75, 3.05) is 39.6 Å². The smallest absolute Gasteiger partial charge is 0.462 e. The molecule has 0 amide bonds. The van der Waals surface area contributed by atoms with E-state index in [1.807, 2.05) is 0 Å². The standard InChI is InChI=1S/C91H178O17P2/c1-8-9-10-11-12-13-14-37-44-51-58-65-72-88(93)101-78-86(107-91(96)75-68-61-54-47-40-33-27-21-24-30-36-43-50-57-64-71-84(6)7)80-105-109(97,98)103-76-85(92)77-104-110(99,100)106-81-87(79-102-89(94)73-66-59-52-45-38-31-25-20-19-23-29-35-42-49-56-63-70-83(4)5)108-90(95)74-67-60-53-46-39-32-26-18-16-15-17-22-28-34-41-48-55-62-69-82(2)3/h82-87,92H,8-81H2,1-7H3,(H,97,98)(H,99,100)/t85-,86+,87+/m0/s1. The Balaban J connectivity index is 5.25. The first-order chi connectivity index (χ1) is 53.2. The number of phosphoric acid groups is 2. The van der Waals surface area contributed by atoms with Crippen LogP contribution < -0.4 is 0 Å². The molecular formula is C91H178O17P2. The summed E-state index contributed by atoms with van der Waals surface area (Å²) in [6.45, 7) is 12.1. The molecule has 654 valence electrons. The predicted octanol–water partition coefficient (Wildman–Crippen LogP) is 28.0. The van der Waals surface area contributed by atoms with Crippen LogP contribution in [0.5, 0.6) is 0 Å². The van der Waals surface area contributed by atoms with Crippen molar-refractivity contribution < 1.29 is 80.2 Å². The lowest BCUT2D eigenvalue weighted by molar-refractivity contribution is -0.161. The van der Waals surface area contributed by atoms with Gasteiger partial charge in [0.2, 0.25) is 0 Å². The van der Waals surface area contributed by atoms with Crippen LogP contribution in [0.2, 0.25) is 0 Å². The monoisotopic (exact) mass is 1610 g/mol. The quantitative estimate of drug-likeness (QED) is 0.0222. The van der Waals surface area contributed by atoms with Gasteiger partial charge in [0, 0.05) is 25.7 Å². The number of hydrogen-bond acceptors (Lipinski definition) is 15. The SMILES string of the molecule is CCCCCCCCCCCCCCC(=O)OC[C@H](COP(=O)(O)OC[C@H](O)COP(=O)(O)OC[C@@H](COC(=O)CCCCCCCCCCCCCCCCCCC(C)C)OC(=O)CCCCCCCCCCCCCCCCCCCCC(C)C)OC(=O)CCCCCCCCCCCCCCCCCC(C)C. The topological polar surface area (TPSA) is 237 Å². The van der Waals surface area contributed by atoms with Gasteiger partial charge in [-0.2, -0.15) is 0 Å². The van der Waals surface area contributed by atoms with Crippen molar-refractivity contribution in [3.63, 3.8) is 0 Å². The maximum Gasteiger partial charge on any atom is 0.472 e. The molecule has 0 radical (unpaired) electrons. The van der Waals surface area contributed by atoms with E-state index in [2.05, 4.69) is 48.5 Å². The molecule has 0 aliphatic carbocycles. The highest BCUT2D eigenvalue weighted by Crippen LogP contribution is 2.45. The van der Waals surface area contributed by atoms with Crippen molar-refractivity contribution >= 4 is 39.5 Å². The van der Waals surface area contributed by atoms with Gasteiger partial charge in [-0.1, -0.05) is 434 Å². The van der Waals surface area contributed by atoms with Gasteiger partial charge in [-0.25, -0.2) is 9.13 Å².